The molecule has 0 spiro atoms. The van der Waals surface area contributed by atoms with E-state index in [2.05, 4.69) is 194 Å². The number of hydrogen-bond donors (Lipinski definition) is 0. The molecule has 53 heavy (non-hydrogen) atoms. The summed E-state index contributed by atoms with van der Waals surface area (Å²) in [5.74, 6) is 0. The highest BCUT2D eigenvalue weighted by molar-refractivity contribution is 6.23. The van der Waals surface area contributed by atoms with Crippen LogP contribution in [0, 0.1) is 0 Å². The lowest BCUT2D eigenvalue weighted by atomic mass is 9.83. The SMILES string of the molecule is c1ccc(-c2c3ccccc3c(-c3ccc(-c4ccc5oc6cc7ccccc7cc6c5c4)cc3)c3ccccc23)c(-c2cccc3ccccc23)c1. The van der Waals surface area contributed by atoms with Crippen molar-refractivity contribution in [2.75, 3.05) is 0 Å². The van der Waals surface area contributed by atoms with Crippen LogP contribution in [0.5, 0.6) is 0 Å². The van der Waals surface area contributed by atoms with Crippen LogP contribution in [0.25, 0.3) is 110 Å². The first kappa shape index (κ1) is 29.7. The van der Waals surface area contributed by atoms with Crippen molar-refractivity contribution in [1.82, 2.24) is 0 Å². The van der Waals surface area contributed by atoms with Crippen LogP contribution in [-0.4, -0.2) is 0 Å². The highest BCUT2D eigenvalue weighted by Crippen LogP contribution is 2.47. The molecule has 10 aromatic carbocycles. The number of fused-ring (bicyclic) bond motifs is 7. The van der Waals surface area contributed by atoms with E-state index in [1.807, 2.05) is 0 Å². The summed E-state index contributed by atoms with van der Waals surface area (Å²) in [6.07, 6.45) is 0. The monoisotopic (exact) mass is 672 g/mol. The number of rotatable bonds is 4. The third-order valence-electron chi connectivity index (χ3n) is 11.1. The lowest BCUT2D eigenvalue weighted by Gasteiger charge is -2.20. The Morgan fingerprint density at radius 3 is 1.45 bits per heavy atom. The maximum atomic E-state index is 6.30. The highest BCUT2D eigenvalue weighted by atomic mass is 16.3. The zero-order chi connectivity index (χ0) is 34.9. The van der Waals surface area contributed by atoms with Gasteiger partial charge in [-0.05, 0) is 112 Å². The average Bonchev–Trinajstić information content (AvgIpc) is 3.58. The van der Waals surface area contributed by atoms with Crippen molar-refractivity contribution in [1.29, 1.82) is 0 Å². The maximum Gasteiger partial charge on any atom is 0.136 e. The van der Waals surface area contributed by atoms with Crippen molar-refractivity contribution in [3.63, 3.8) is 0 Å². The summed E-state index contributed by atoms with van der Waals surface area (Å²) in [5, 5.41) is 12.2. The zero-order valence-electron chi connectivity index (χ0n) is 28.9. The van der Waals surface area contributed by atoms with Gasteiger partial charge in [0.25, 0.3) is 0 Å². The van der Waals surface area contributed by atoms with E-state index in [1.54, 1.807) is 0 Å². The van der Waals surface area contributed by atoms with Crippen LogP contribution in [0.4, 0.5) is 0 Å². The molecule has 246 valence electrons. The maximum absolute atomic E-state index is 6.30. The van der Waals surface area contributed by atoms with E-state index < -0.39 is 0 Å². The minimum Gasteiger partial charge on any atom is -0.456 e. The molecule has 0 amide bonds. The van der Waals surface area contributed by atoms with Gasteiger partial charge in [-0.25, -0.2) is 0 Å². The zero-order valence-corrected chi connectivity index (χ0v) is 28.9. The van der Waals surface area contributed by atoms with Crippen LogP contribution in [0.2, 0.25) is 0 Å². The second-order valence-corrected chi connectivity index (χ2v) is 14.0. The normalized spacial score (nSPS) is 11.8. The molecule has 1 nitrogen and oxygen atoms in total. The van der Waals surface area contributed by atoms with Gasteiger partial charge in [0.15, 0.2) is 0 Å². The van der Waals surface area contributed by atoms with Gasteiger partial charge in [-0.15, -0.1) is 0 Å². The van der Waals surface area contributed by atoms with E-state index in [-0.39, 0.29) is 0 Å². The standard InChI is InChI=1S/C52H32O/c1-2-14-37-32-50-48(30-36(37)13-1)47-31-38(28-29-49(47)53-50)33-24-26-35(27-25-33)51-43-19-7-9-21-45(43)52(46-22-10-8-20-44(46)51)42-18-6-5-17-41(42)40-23-11-15-34-12-3-4-16-39(34)40/h1-32H. The Balaban J connectivity index is 1.07. The molecule has 0 atom stereocenters. The average molecular weight is 673 g/mol. The molecule has 0 fully saturated rings. The Bertz CT molecular complexity index is 3150. The van der Waals surface area contributed by atoms with Gasteiger partial charge in [-0.1, -0.05) is 170 Å². The largest absolute Gasteiger partial charge is 0.456 e. The van der Waals surface area contributed by atoms with Gasteiger partial charge in [0.2, 0.25) is 0 Å². The van der Waals surface area contributed by atoms with E-state index >= 15 is 0 Å². The fourth-order valence-electron chi connectivity index (χ4n) is 8.60. The van der Waals surface area contributed by atoms with Crippen LogP contribution >= 0.6 is 0 Å². The summed E-state index contributed by atoms with van der Waals surface area (Å²) < 4.78 is 6.30. The number of furan rings is 1. The second-order valence-electron chi connectivity index (χ2n) is 14.0. The summed E-state index contributed by atoms with van der Waals surface area (Å²) in [6, 6.07) is 70.6. The molecule has 11 aromatic rings. The van der Waals surface area contributed by atoms with Crippen LogP contribution < -0.4 is 0 Å². The van der Waals surface area contributed by atoms with Crippen molar-refractivity contribution in [3.8, 4) is 44.5 Å². The van der Waals surface area contributed by atoms with E-state index in [4.69, 9.17) is 4.42 Å². The van der Waals surface area contributed by atoms with Crippen LogP contribution in [0.15, 0.2) is 199 Å². The lowest BCUT2D eigenvalue weighted by Crippen LogP contribution is -1.93. The van der Waals surface area contributed by atoms with Crippen LogP contribution in [0.1, 0.15) is 0 Å². The molecule has 0 bridgehead atoms. The molecule has 0 aliphatic heterocycles. The minimum absolute atomic E-state index is 0.913. The number of benzene rings is 10. The Kier molecular flexibility index (Phi) is 6.62. The van der Waals surface area contributed by atoms with Crippen LogP contribution in [-0.2, 0) is 0 Å². The minimum atomic E-state index is 0.913. The third kappa shape index (κ3) is 4.71. The first-order valence-corrected chi connectivity index (χ1v) is 18.3. The quantitative estimate of drug-likeness (QED) is 0.170. The molecule has 0 aliphatic carbocycles. The van der Waals surface area contributed by atoms with E-state index in [0.717, 1.165) is 21.9 Å². The fraction of sp³-hybridized carbons (Fsp3) is 0. The van der Waals surface area contributed by atoms with Gasteiger partial charge in [0, 0.05) is 10.8 Å². The van der Waals surface area contributed by atoms with E-state index in [1.165, 1.54) is 87.6 Å². The van der Waals surface area contributed by atoms with Gasteiger partial charge in [-0.2, -0.15) is 0 Å². The summed E-state index contributed by atoms with van der Waals surface area (Å²) in [7, 11) is 0. The van der Waals surface area contributed by atoms with Crippen molar-refractivity contribution in [2.24, 2.45) is 0 Å². The molecular formula is C52H32O. The topological polar surface area (TPSA) is 13.1 Å². The molecule has 11 rings (SSSR count). The van der Waals surface area contributed by atoms with E-state index in [0.29, 0.717) is 0 Å². The van der Waals surface area contributed by atoms with E-state index in [9.17, 15) is 0 Å². The van der Waals surface area contributed by atoms with Gasteiger partial charge in [0.1, 0.15) is 11.2 Å². The smallest absolute Gasteiger partial charge is 0.136 e. The van der Waals surface area contributed by atoms with Gasteiger partial charge in [-0.3, -0.25) is 0 Å². The molecule has 0 aliphatic rings. The van der Waals surface area contributed by atoms with Gasteiger partial charge >= 0.3 is 0 Å². The third-order valence-corrected chi connectivity index (χ3v) is 11.1. The van der Waals surface area contributed by atoms with Crippen LogP contribution in [0.3, 0.4) is 0 Å². The second kappa shape index (κ2) is 11.8. The Morgan fingerprint density at radius 2 is 0.736 bits per heavy atom. The fourth-order valence-corrected chi connectivity index (χ4v) is 8.60. The molecule has 1 heteroatoms. The van der Waals surface area contributed by atoms with Crippen molar-refractivity contribution >= 4 is 65.0 Å². The summed E-state index contributed by atoms with van der Waals surface area (Å²) >= 11 is 0. The molecule has 0 unspecified atom stereocenters. The molecule has 0 N–H and O–H groups in total. The van der Waals surface area contributed by atoms with Gasteiger partial charge < -0.3 is 4.42 Å². The summed E-state index contributed by atoms with van der Waals surface area (Å²) in [5.41, 5.74) is 11.7. The van der Waals surface area contributed by atoms with Gasteiger partial charge in [0.05, 0.1) is 0 Å². The summed E-state index contributed by atoms with van der Waals surface area (Å²) in [6.45, 7) is 0. The van der Waals surface area contributed by atoms with Crippen molar-refractivity contribution < 1.29 is 4.42 Å². The molecule has 0 saturated heterocycles. The molecule has 1 heterocycles. The predicted molar refractivity (Wildman–Crippen MR) is 225 cm³/mol. The number of hydrogen-bond acceptors (Lipinski definition) is 1. The summed E-state index contributed by atoms with van der Waals surface area (Å²) in [4.78, 5) is 0. The Labute approximate surface area is 307 Å². The Hall–Kier alpha value is -6.96. The lowest BCUT2D eigenvalue weighted by molar-refractivity contribution is 0.669. The first-order valence-electron chi connectivity index (χ1n) is 18.3. The molecular weight excluding hydrogens is 641 g/mol. The molecule has 0 radical (unpaired) electrons. The predicted octanol–water partition coefficient (Wildman–Crippen LogP) is 14.9. The first-order chi connectivity index (χ1) is 26.3. The molecule has 0 saturated carbocycles. The Morgan fingerprint density at radius 1 is 0.245 bits per heavy atom. The van der Waals surface area contributed by atoms with Crippen molar-refractivity contribution in [3.05, 3.63) is 194 Å². The van der Waals surface area contributed by atoms with Crippen molar-refractivity contribution in [2.45, 2.75) is 0 Å². The molecule has 1 aromatic heterocycles. The highest BCUT2D eigenvalue weighted by Gasteiger charge is 2.19.